The van der Waals surface area contributed by atoms with E-state index < -0.39 is 15.7 Å². The number of ether oxygens (including phenoxy) is 1. The van der Waals surface area contributed by atoms with Crippen molar-refractivity contribution in [2.24, 2.45) is 5.73 Å². The largest absolute Gasteiger partial charge is 0.454 e. The van der Waals surface area contributed by atoms with Gasteiger partial charge in [0.1, 0.15) is 5.75 Å². The van der Waals surface area contributed by atoms with Crippen LogP contribution in [0.3, 0.4) is 0 Å². The Balaban J connectivity index is 2.31. The van der Waals surface area contributed by atoms with Gasteiger partial charge in [-0.2, -0.15) is 0 Å². The lowest BCUT2D eigenvalue weighted by molar-refractivity contribution is 0.440. The second kappa shape index (κ2) is 5.83. The van der Waals surface area contributed by atoms with Crippen molar-refractivity contribution in [3.05, 3.63) is 53.8 Å². The summed E-state index contributed by atoms with van der Waals surface area (Å²) in [4.78, 5) is 0.118. The van der Waals surface area contributed by atoms with Crippen LogP contribution in [0.25, 0.3) is 0 Å². The predicted molar refractivity (Wildman–Crippen MR) is 78.6 cm³/mol. The first-order chi connectivity index (χ1) is 9.77. The molecule has 0 aliphatic carbocycles. The minimum Gasteiger partial charge on any atom is -0.454 e. The molecule has 1 atom stereocenters. The van der Waals surface area contributed by atoms with E-state index in [1.54, 1.807) is 25.1 Å². The lowest BCUT2D eigenvalue weighted by Crippen LogP contribution is -2.05. The van der Waals surface area contributed by atoms with E-state index in [-0.39, 0.29) is 22.4 Å². The van der Waals surface area contributed by atoms with E-state index in [2.05, 4.69) is 0 Å². The normalized spacial score (nSPS) is 13.0. The number of hydrogen-bond acceptors (Lipinski definition) is 4. The summed E-state index contributed by atoms with van der Waals surface area (Å²) in [6, 6.07) is 10.1. The smallest absolute Gasteiger partial charge is 0.175 e. The van der Waals surface area contributed by atoms with Crippen molar-refractivity contribution in [3.8, 4) is 11.5 Å². The molecule has 0 saturated heterocycles. The van der Waals surface area contributed by atoms with Gasteiger partial charge < -0.3 is 10.5 Å². The maximum atomic E-state index is 13.9. The fourth-order valence-corrected chi connectivity index (χ4v) is 2.43. The molecule has 0 fully saturated rings. The summed E-state index contributed by atoms with van der Waals surface area (Å²) in [6.07, 6.45) is 1.10. The Morgan fingerprint density at radius 1 is 1.19 bits per heavy atom. The van der Waals surface area contributed by atoms with Gasteiger partial charge in [-0.1, -0.05) is 12.1 Å². The highest BCUT2D eigenvalue weighted by molar-refractivity contribution is 7.90. The Morgan fingerprint density at radius 3 is 2.48 bits per heavy atom. The Hall–Kier alpha value is -1.92. The van der Waals surface area contributed by atoms with Crippen LogP contribution in [0.15, 0.2) is 47.4 Å². The van der Waals surface area contributed by atoms with Crippen LogP contribution in [0, 0.1) is 5.82 Å². The van der Waals surface area contributed by atoms with Crippen molar-refractivity contribution in [3.63, 3.8) is 0 Å². The van der Waals surface area contributed by atoms with Crippen LogP contribution in [0.4, 0.5) is 4.39 Å². The van der Waals surface area contributed by atoms with Crippen molar-refractivity contribution >= 4 is 9.84 Å². The number of benzene rings is 2. The Bertz CT molecular complexity index is 757. The molecule has 0 amide bonds. The lowest BCUT2D eigenvalue weighted by Gasteiger charge is -2.10. The third-order valence-electron chi connectivity index (χ3n) is 2.94. The van der Waals surface area contributed by atoms with Gasteiger partial charge in [0.25, 0.3) is 0 Å². The lowest BCUT2D eigenvalue weighted by atomic mass is 10.1. The molecule has 4 nitrogen and oxygen atoms in total. The van der Waals surface area contributed by atoms with E-state index in [0.717, 1.165) is 6.26 Å². The van der Waals surface area contributed by atoms with Crippen molar-refractivity contribution in [1.82, 2.24) is 0 Å². The predicted octanol–water partition coefficient (Wildman–Crippen LogP) is 3.04. The van der Waals surface area contributed by atoms with Crippen LogP contribution >= 0.6 is 0 Å². The van der Waals surface area contributed by atoms with Crippen LogP contribution in [-0.4, -0.2) is 14.7 Å². The minimum atomic E-state index is -3.34. The number of hydrogen-bond donors (Lipinski definition) is 1. The topological polar surface area (TPSA) is 69.4 Å². The molecular formula is C15H16FNO3S. The van der Waals surface area contributed by atoms with Crippen LogP contribution in [0.5, 0.6) is 11.5 Å². The van der Waals surface area contributed by atoms with E-state index in [1.165, 1.54) is 24.3 Å². The van der Waals surface area contributed by atoms with Gasteiger partial charge in [0, 0.05) is 12.3 Å². The maximum Gasteiger partial charge on any atom is 0.175 e. The minimum absolute atomic E-state index is 0.0186. The van der Waals surface area contributed by atoms with Crippen LogP contribution in [0.1, 0.15) is 18.5 Å². The van der Waals surface area contributed by atoms with E-state index in [0.29, 0.717) is 5.56 Å². The summed E-state index contributed by atoms with van der Waals surface area (Å²) in [7, 11) is -3.34. The fourth-order valence-electron chi connectivity index (χ4n) is 1.78. The van der Waals surface area contributed by atoms with Gasteiger partial charge in [0.15, 0.2) is 21.4 Å². The molecule has 2 aromatic rings. The van der Waals surface area contributed by atoms with Crippen molar-refractivity contribution in [1.29, 1.82) is 0 Å². The number of rotatable bonds is 4. The second-order valence-corrected chi connectivity index (χ2v) is 6.84. The molecule has 6 heteroatoms. The zero-order valence-corrected chi connectivity index (χ0v) is 12.5. The summed E-state index contributed by atoms with van der Waals surface area (Å²) < 4.78 is 42.3. The van der Waals surface area contributed by atoms with E-state index in [1.807, 2.05) is 0 Å². The standard InChI is InChI=1S/C15H16FNO3S/c1-10(17)11-6-7-15(14(16)8-11)20-12-4-3-5-13(9-12)21(2,18)19/h3-10H,17H2,1-2H3/t10-/m1/s1. The highest BCUT2D eigenvalue weighted by Gasteiger charge is 2.11. The molecule has 2 N–H and O–H groups in total. The van der Waals surface area contributed by atoms with Gasteiger partial charge in [-0.15, -0.1) is 0 Å². The van der Waals surface area contributed by atoms with Gasteiger partial charge in [0.2, 0.25) is 0 Å². The molecule has 2 aromatic carbocycles. The number of halogens is 1. The van der Waals surface area contributed by atoms with Crippen molar-refractivity contribution in [2.75, 3.05) is 6.26 Å². The molecule has 0 aliphatic heterocycles. The van der Waals surface area contributed by atoms with E-state index >= 15 is 0 Å². The zero-order chi connectivity index (χ0) is 15.6. The molecule has 112 valence electrons. The zero-order valence-electron chi connectivity index (χ0n) is 11.7. The van der Waals surface area contributed by atoms with Gasteiger partial charge in [-0.3, -0.25) is 0 Å². The number of sulfone groups is 1. The van der Waals surface area contributed by atoms with Crippen LogP contribution in [-0.2, 0) is 9.84 Å². The highest BCUT2D eigenvalue weighted by Crippen LogP contribution is 2.27. The van der Waals surface area contributed by atoms with Gasteiger partial charge in [-0.25, -0.2) is 12.8 Å². The molecule has 0 bridgehead atoms. The Labute approximate surface area is 123 Å². The Kier molecular flexibility index (Phi) is 4.29. The van der Waals surface area contributed by atoms with Crippen LogP contribution < -0.4 is 10.5 Å². The van der Waals surface area contributed by atoms with Crippen molar-refractivity contribution in [2.45, 2.75) is 17.9 Å². The molecule has 0 aliphatic rings. The van der Waals surface area contributed by atoms with E-state index in [9.17, 15) is 12.8 Å². The van der Waals surface area contributed by atoms with Gasteiger partial charge >= 0.3 is 0 Å². The molecule has 0 unspecified atom stereocenters. The molecule has 0 spiro atoms. The first kappa shape index (κ1) is 15.5. The average molecular weight is 309 g/mol. The molecule has 21 heavy (non-hydrogen) atoms. The highest BCUT2D eigenvalue weighted by atomic mass is 32.2. The Morgan fingerprint density at radius 2 is 1.90 bits per heavy atom. The summed E-state index contributed by atoms with van der Waals surface area (Å²) in [6.45, 7) is 1.75. The molecule has 2 rings (SSSR count). The first-order valence-electron chi connectivity index (χ1n) is 6.30. The summed E-state index contributed by atoms with van der Waals surface area (Å²) in [5, 5.41) is 0. The molecule has 0 radical (unpaired) electrons. The summed E-state index contributed by atoms with van der Waals surface area (Å²) in [5.41, 5.74) is 6.34. The first-order valence-corrected chi connectivity index (χ1v) is 8.19. The number of nitrogens with two attached hydrogens (primary N) is 1. The second-order valence-electron chi connectivity index (χ2n) is 4.83. The summed E-state index contributed by atoms with van der Waals surface area (Å²) in [5.74, 6) is -0.273. The summed E-state index contributed by atoms with van der Waals surface area (Å²) >= 11 is 0. The van der Waals surface area contributed by atoms with E-state index in [4.69, 9.17) is 10.5 Å². The fraction of sp³-hybridized carbons (Fsp3) is 0.200. The monoisotopic (exact) mass is 309 g/mol. The average Bonchev–Trinajstić information content (AvgIpc) is 2.40. The van der Waals surface area contributed by atoms with Gasteiger partial charge in [0.05, 0.1) is 4.90 Å². The quantitative estimate of drug-likeness (QED) is 0.942. The maximum absolute atomic E-state index is 13.9. The van der Waals surface area contributed by atoms with Crippen molar-refractivity contribution < 1.29 is 17.5 Å². The third-order valence-corrected chi connectivity index (χ3v) is 4.05. The molecular weight excluding hydrogens is 293 g/mol. The molecule has 0 saturated carbocycles. The molecule has 0 heterocycles. The SMILES string of the molecule is C[C@@H](N)c1ccc(Oc2cccc(S(C)(=O)=O)c2)c(F)c1. The van der Waals surface area contributed by atoms with Crippen LogP contribution in [0.2, 0.25) is 0 Å². The molecule has 0 aromatic heterocycles. The van der Waals surface area contributed by atoms with Gasteiger partial charge in [-0.05, 0) is 42.8 Å². The third kappa shape index (κ3) is 3.80.